The number of aromatic nitrogens is 4. The molecule has 0 bridgehead atoms. The molecular formula is C51H30N4S2. The summed E-state index contributed by atoms with van der Waals surface area (Å²) in [6.45, 7) is 0. The molecule has 0 aliphatic rings. The maximum absolute atomic E-state index is 4.99. The molecular weight excluding hydrogens is 733 g/mol. The van der Waals surface area contributed by atoms with Gasteiger partial charge in [0.15, 0.2) is 17.5 Å². The number of nitrogens with zero attached hydrogens (tertiary/aromatic N) is 4. The van der Waals surface area contributed by atoms with Gasteiger partial charge in [0.25, 0.3) is 0 Å². The van der Waals surface area contributed by atoms with Gasteiger partial charge >= 0.3 is 0 Å². The van der Waals surface area contributed by atoms with E-state index in [2.05, 4.69) is 126 Å². The van der Waals surface area contributed by atoms with Crippen molar-refractivity contribution in [3.63, 3.8) is 0 Å². The van der Waals surface area contributed by atoms with E-state index in [9.17, 15) is 0 Å². The summed E-state index contributed by atoms with van der Waals surface area (Å²) in [5.74, 6) is 1.99. The molecule has 57 heavy (non-hydrogen) atoms. The quantitative estimate of drug-likeness (QED) is 0.175. The van der Waals surface area contributed by atoms with Crippen LogP contribution in [0.3, 0.4) is 0 Å². The van der Waals surface area contributed by atoms with Crippen LogP contribution in [-0.2, 0) is 0 Å². The van der Waals surface area contributed by atoms with Gasteiger partial charge in [-0.05, 0) is 53.6 Å². The van der Waals surface area contributed by atoms with E-state index in [4.69, 9.17) is 15.0 Å². The van der Waals surface area contributed by atoms with Gasteiger partial charge in [-0.25, -0.2) is 15.0 Å². The number of fused-ring (bicyclic) bond motifs is 10. The Hall–Kier alpha value is -6.99. The van der Waals surface area contributed by atoms with Crippen LogP contribution in [0.25, 0.3) is 113 Å². The maximum atomic E-state index is 4.99. The summed E-state index contributed by atoms with van der Waals surface area (Å²) >= 11 is 3.70. The van der Waals surface area contributed by atoms with Crippen LogP contribution in [0, 0.1) is 0 Å². The predicted molar refractivity (Wildman–Crippen MR) is 242 cm³/mol. The molecule has 0 aliphatic carbocycles. The second kappa shape index (κ2) is 12.8. The molecule has 8 aromatic carbocycles. The second-order valence-electron chi connectivity index (χ2n) is 14.4. The van der Waals surface area contributed by atoms with Crippen LogP contribution < -0.4 is 0 Å². The first kappa shape index (κ1) is 32.3. The fraction of sp³-hybridized carbons (Fsp3) is 0. The molecule has 12 aromatic rings. The predicted octanol–water partition coefficient (Wildman–Crippen LogP) is 14.4. The van der Waals surface area contributed by atoms with Gasteiger partial charge < -0.3 is 4.57 Å². The molecule has 0 N–H and O–H groups in total. The van der Waals surface area contributed by atoms with Crippen LogP contribution in [0.4, 0.5) is 0 Å². The highest BCUT2D eigenvalue weighted by molar-refractivity contribution is 7.26. The zero-order valence-corrected chi connectivity index (χ0v) is 32.1. The highest BCUT2D eigenvalue weighted by atomic mass is 32.1. The summed E-state index contributed by atoms with van der Waals surface area (Å²) in [5.41, 5.74) is 8.97. The number of hydrogen-bond donors (Lipinski definition) is 0. The number of benzene rings is 8. The van der Waals surface area contributed by atoms with Crippen molar-refractivity contribution in [3.05, 3.63) is 182 Å². The van der Waals surface area contributed by atoms with Gasteiger partial charge in [0.2, 0.25) is 0 Å². The van der Waals surface area contributed by atoms with E-state index >= 15 is 0 Å². The Morgan fingerprint density at radius 3 is 1.54 bits per heavy atom. The maximum Gasteiger partial charge on any atom is 0.164 e. The second-order valence-corrected chi connectivity index (χ2v) is 16.5. The molecule has 12 rings (SSSR count). The average Bonchev–Trinajstić information content (AvgIpc) is 3.96. The first-order valence-corrected chi connectivity index (χ1v) is 20.6. The Bertz CT molecular complexity index is 3450. The van der Waals surface area contributed by atoms with Gasteiger partial charge in [-0.2, -0.15) is 0 Å². The summed E-state index contributed by atoms with van der Waals surface area (Å²) in [5, 5.41) is 7.65. The van der Waals surface area contributed by atoms with Crippen molar-refractivity contribution < 1.29 is 0 Å². The summed E-state index contributed by atoms with van der Waals surface area (Å²) in [4.78, 5) is 14.9. The lowest BCUT2D eigenvalue weighted by molar-refractivity contribution is 1.07. The van der Waals surface area contributed by atoms with Crippen LogP contribution in [0.5, 0.6) is 0 Å². The Morgan fingerprint density at radius 1 is 0.333 bits per heavy atom. The molecule has 4 aromatic heterocycles. The third-order valence-corrected chi connectivity index (χ3v) is 13.4. The highest BCUT2D eigenvalue weighted by Gasteiger charge is 2.19. The van der Waals surface area contributed by atoms with Crippen LogP contribution >= 0.6 is 22.7 Å². The molecule has 0 amide bonds. The van der Waals surface area contributed by atoms with Crippen LogP contribution in [0.1, 0.15) is 0 Å². The van der Waals surface area contributed by atoms with Crippen molar-refractivity contribution >= 4 is 84.8 Å². The lowest BCUT2D eigenvalue weighted by atomic mass is 10.0. The molecule has 6 heteroatoms. The third-order valence-electron chi connectivity index (χ3n) is 11.1. The Kier molecular flexibility index (Phi) is 7.24. The lowest BCUT2D eigenvalue weighted by Crippen LogP contribution is -1.99. The number of para-hydroxylation sites is 1. The molecule has 4 heterocycles. The van der Waals surface area contributed by atoms with E-state index < -0.39 is 0 Å². The van der Waals surface area contributed by atoms with E-state index in [1.54, 1.807) is 0 Å². The van der Waals surface area contributed by atoms with E-state index in [1.165, 1.54) is 79.0 Å². The number of thiophene rings is 2. The van der Waals surface area contributed by atoms with Gasteiger partial charge in [0, 0.05) is 68.8 Å². The molecule has 0 spiro atoms. The Balaban J connectivity index is 0.986. The van der Waals surface area contributed by atoms with Crippen molar-refractivity contribution in [2.24, 2.45) is 0 Å². The number of rotatable bonds is 5. The highest BCUT2D eigenvalue weighted by Crippen LogP contribution is 2.44. The molecule has 0 atom stereocenters. The standard InChI is InChI=1S/C51H30N4S2/c1-4-12-31(13-5-1)49-52-50(32-14-6-2-7-15-32)54-51(53-49)35-21-24-39-38-23-20-34(29-45(38)56-46(39)30-35)33-22-27-43-42(28-33)40-25-26-41-37-18-10-11-19-44(37)57-48(41)47(40)55(43)36-16-8-3-9-17-36/h1-30H. The van der Waals surface area contributed by atoms with Crippen LogP contribution in [0.2, 0.25) is 0 Å². The molecule has 0 saturated heterocycles. The monoisotopic (exact) mass is 762 g/mol. The van der Waals surface area contributed by atoms with Gasteiger partial charge in [-0.3, -0.25) is 0 Å². The largest absolute Gasteiger partial charge is 0.308 e. The molecule has 4 nitrogen and oxygen atoms in total. The van der Waals surface area contributed by atoms with Gasteiger partial charge in [-0.1, -0.05) is 140 Å². The molecule has 266 valence electrons. The number of hydrogen-bond acceptors (Lipinski definition) is 5. The third kappa shape index (κ3) is 5.22. The summed E-state index contributed by atoms with van der Waals surface area (Å²) in [6, 6.07) is 64.9. The summed E-state index contributed by atoms with van der Waals surface area (Å²) in [6.07, 6.45) is 0. The van der Waals surface area contributed by atoms with Crippen molar-refractivity contribution in [2.45, 2.75) is 0 Å². The van der Waals surface area contributed by atoms with E-state index in [0.29, 0.717) is 17.5 Å². The first-order valence-electron chi connectivity index (χ1n) is 19.0. The van der Waals surface area contributed by atoms with E-state index in [-0.39, 0.29) is 0 Å². The summed E-state index contributed by atoms with van der Waals surface area (Å²) < 4.78 is 7.56. The minimum Gasteiger partial charge on any atom is -0.308 e. The molecule has 0 aliphatic heterocycles. The fourth-order valence-corrected chi connectivity index (χ4v) is 10.8. The van der Waals surface area contributed by atoms with Gasteiger partial charge in [-0.15, -0.1) is 22.7 Å². The smallest absolute Gasteiger partial charge is 0.164 e. The Labute approximate surface area is 335 Å². The molecule has 0 unspecified atom stereocenters. The zero-order valence-electron chi connectivity index (χ0n) is 30.4. The topological polar surface area (TPSA) is 43.6 Å². The van der Waals surface area contributed by atoms with Crippen molar-refractivity contribution in [2.75, 3.05) is 0 Å². The Morgan fingerprint density at radius 2 is 0.842 bits per heavy atom. The van der Waals surface area contributed by atoms with Crippen molar-refractivity contribution in [3.8, 4) is 51.0 Å². The molecule has 0 radical (unpaired) electrons. The van der Waals surface area contributed by atoms with Crippen LogP contribution in [0.15, 0.2) is 182 Å². The fourth-order valence-electron chi connectivity index (χ4n) is 8.34. The SMILES string of the molecule is c1ccc(-c2nc(-c3ccccc3)nc(-c3ccc4c(c3)sc3cc(-c5ccc6c(c5)c5ccc7c8ccccc8sc7c5n6-c5ccccc5)ccc34)n2)cc1. The van der Waals surface area contributed by atoms with Crippen molar-refractivity contribution in [1.82, 2.24) is 19.5 Å². The summed E-state index contributed by atoms with van der Waals surface area (Å²) in [7, 11) is 0. The van der Waals surface area contributed by atoms with E-state index in [0.717, 1.165) is 16.7 Å². The lowest BCUT2D eigenvalue weighted by Gasteiger charge is -2.09. The zero-order chi connectivity index (χ0) is 37.5. The van der Waals surface area contributed by atoms with Gasteiger partial charge in [0.1, 0.15) is 0 Å². The minimum atomic E-state index is 0.664. The normalized spacial score (nSPS) is 11.9. The molecule has 0 fully saturated rings. The van der Waals surface area contributed by atoms with E-state index in [1.807, 2.05) is 83.3 Å². The van der Waals surface area contributed by atoms with Crippen molar-refractivity contribution in [1.29, 1.82) is 0 Å². The van der Waals surface area contributed by atoms with Gasteiger partial charge in [0.05, 0.1) is 15.7 Å². The average molecular weight is 763 g/mol. The van der Waals surface area contributed by atoms with Crippen LogP contribution in [-0.4, -0.2) is 19.5 Å². The molecule has 0 saturated carbocycles. The minimum absolute atomic E-state index is 0.664. The first-order chi connectivity index (χ1) is 28.2.